The number of aliphatic imine (C=N–C) groups is 2. The SMILES string of the molecule is ClC1=NC=IC(Cl)=N1. The van der Waals surface area contributed by atoms with Gasteiger partial charge in [-0.25, -0.2) is 4.99 Å². The fourth-order valence-corrected chi connectivity index (χ4v) is 2.04. The van der Waals surface area contributed by atoms with Gasteiger partial charge in [0.25, 0.3) is 0 Å². The minimum Gasteiger partial charge on any atom is -0.220 e. The van der Waals surface area contributed by atoms with Gasteiger partial charge in [-0.05, 0) is 32.3 Å². The third-order valence-corrected chi connectivity index (χ3v) is 2.60. The predicted molar refractivity (Wildman–Crippen MR) is 46.7 cm³/mol. The van der Waals surface area contributed by atoms with E-state index >= 15 is 0 Å². The molecule has 0 saturated carbocycles. The number of nitrogens with zero attached hydrogens (tertiary/aromatic N) is 2. The molecule has 44 valence electrons. The molecule has 0 bridgehead atoms. The fourth-order valence-electron chi connectivity index (χ4n) is 0.228. The van der Waals surface area contributed by atoms with Gasteiger partial charge in [-0.1, -0.05) is 11.6 Å². The molecule has 5 heteroatoms. The molecule has 0 atom stereocenters. The van der Waals surface area contributed by atoms with Crippen LogP contribution in [0, 0.1) is 0 Å². The molecule has 0 aromatic carbocycles. The third-order valence-electron chi connectivity index (χ3n) is 0.471. The van der Waals surface area contributed by atoms with E-state index in [1.807, 2.05) is 0 Å². The molecule has 1 aliphatic heterocycles. The molecule has 0 spiro atoms. The van der Waals surface area contributed by atoms with Crippen LogP contribution in [0.5, 0.6) is 0 Å². The Balaban J connectivity index is 2.89. The molecule has 2 nitrogen and oxygen atoms in total. The molecular weight excluding hydrogens is 262 g/mol. The lowest BCUT2D eigenvalue weighted by Gasteiger charge is -1.90. The summed E-state index contributed by atoms with van der Waals surface area (Å²) >= 11 is 10.6. The number of rotatable bonds is 0. The highest BCUT2D eigenvalue weighted by Crippen LogP contribution is 2.10. The van der Waals surface area contributed by atoms with Crippen molar-refractivity contribution >= 4 is 56.5 Å². The third kappa shape index (κ3) is 1.80. The van der Waals surface area contributed by atoms with Crippen LogP contribution < -0.4 is 0 Å². The molecule has 0 aromatic rings. The van der Waals surface area contributed by atoms with Crippen LogP contribution >= 0.6 is 43.9 Å². The Bertz CT molecular complexity index is 181. The van der Waals surface area contributed by atoms with Crippen LogP contribution in [0.25, 0.3) is 0 Å². The van der Waals surface area contributed by atoms with Gasteiger partial charge in [0.05, 0.1) is 4.14 Å². The van der Waals surface area contributed by atoms with Crippen LogP contribution in [0.1, 0.15) is 0 Å². The van der Waals surface area contributed by atoms with Crippen molar-refractivity contribution in [2.24, 2.45) is 9.98 Å². The summed E-state index contributed by atoms with van der Waals surface area (Å²) in [4.78, 5) is 7.41. The van der Waals surface area contributed by atoms with Gasteiger partial charge in [0.1, 0.15) is 0 Å². The number of hydrogen-bond acceptors (Lipinski definition) is 2. The average Bonchev–Trinajstić information content (AvgIpc) is 1.64. The van der Waals surface area contributed by atoms with Crippen molar-refractivity contribution in [3.05, 3.63) is 0 Å². The molecule has 0 radical (unpaired) electrons. The monoisotopic (exact) mass is 262 g/mol. The second-order valence-corrected chi connectivity index (χ2v) is 4.49. The van der Waals surface area contributed by atoms with Gasteiger partial charge in [0.15, 0.2) is 3.18 Å². The Morgan fingerprint density at radius 1 is 1.50 bits per heavy atom. The average molecular weight is 263 g/mol. The first-order valence-corrected chi connectivity index (χ1v) is 4.79. The topological polar surface area (TPSA) is 24.7 Å². The maximum atomic E-state index is 5.51. The molecule has 0 fully saturated rings. The molecule has 0 N–H and O–H groups in total. The van der Waals surface area contributed by atoms with Gasteiger partial charge in [-0.3, -0.25) is 0 Å². The molecule has 0 aromatic heterocycles. The van der Waals surface area contributed by atoms with Gasteiger partial charge in [0.2, 0.25) is 5.29 Å². The van der Waals surface area contributed by atoms with Crippen molar-refractivity contribution in [2.75, 3.05) is 0 Å². The van der Waals surface area contributed by atoms with Crippen molar-refractivity contribution < 1.29 is 0 Å². The summed E-state index contributed by atoms with van der Waals surface area (Å²) in [5.41, 5.74) is 0. The van der Waals surface area contributed by atoms with Gasteiger partial charge >= 0.3 is 0 Å². The highest BCUT2D eigenvalue weighted by molar-refractivity contribution is 14.2. The maximum Gasteiger partial charge on any atom is 0.224 e. The first-order chi connectivity index (χ1) is 3.79. The molecule has 0 amide bonds. The molecule has 0 saturated heterocycles. The van der Waals surface area contributed by atoms with E-state index in [9.17, 15) is 0 Å². The first-order valence-electron chi connectivity index (χ1n) is 1.71. The zero-order valence-electron chi connectivity index (χ0n) is 3.61. The van der Waals surface area contributed by atoms with E-state index in [1.165, 1.54) is 0 Å². The van der Waals surface area contributed by atoms with E-state index in [0.717, 1.165) is 0 Å². The van der Waals surface area contributed by atoms with Crippen LogP contribution in [0.4, 0.5) is 0 Å². The summed E-state index contributed by atoms with van der Waals surface area (Å²) in [5, 5.41) is 0.237. The number of hydrogen-bond donors (Lipinski definition) is 0. The van der Waals surface area contributed by atoms with Crippen LogP contribution in [-0.4, -0.2) is 12.6 Å². The van der Waals surface area contributed by atoms with E-state index in [2.05, 4.69) is 9.98 Å². The quantitative estimate of drug-likeness (QED) is 0.471. The zero-order chi connectivity index (χ0) is 5.98. The molecule has 1 heterocycles. The molecule has 1 rings (SSSR count). The predicted octanol–water partition coefficient (Wildman–Crippen LogP) is 1.92. The van der Waals surface area contributed by atoms with Crippen molar-refractivity contribution in [1.82, 2.24) is 0 Å². The highest BCUT2D eigenvalue weighted by atomic mass is 127. The Morgan fingerprint density at radius 2 is 2.25 bits per heavy atom. The van der Waals surface area contributed by atoms with Gasteiger partial charge in [-0.2, -0.15) is 4.99 Å². The van der Waals surface area contributed by atoms with E-state index in [-0.39, 0.29) is 26.0 Å². The van der Waals surface area contributed by atoms with Gasteiger partial charge in [0, 0.05) is 0 Å². The van der Waals surface area contributed by atoms with E-state index in [0.29, 0.717) is 3.18 Å². The summed E-state index contributed by atoms with van der Waals surface area (Å²) in [6.07, 6.45) is 0. The van der Waals surface area contributed by atoms with E-state index in [4.69, 9.17) is 23.2 Å². The number of amidine groups is 1. The van der Waals surface area contributed by atoms with Crippen LogP contribution in [-0.2, 0) is 0 Å². The summed E-state index contributed by atoms with van der Waals surface area (Å²) in [5.74, 6) is 0. The highest BCUT2D eigenvalue weighted by Gasteiger charge is 1.95. The van der Waals surface area contributed by atoms with Crippen LogP contribution in [0.3, 0.4) is 0 Å². The molecule has 8 heavy (non-hydrogen) atoms. The maximum absolute atomic E-state index is 5.51. The van der Waals surface area contributed by atoms with Gasteiger partial charge in [-0.15, -0.1) is 0 Å². The summed E-state index contributed by atoms with van der Waals surface area (Å²) in [6.45, 7) is 0. The van der Waals surface area contributed by atoms with E-state index in [1.54, 1.807) is 4.14 Å². The Labute approximate surface area is 66.4 Å². The normalized spacial score (nSPS) is 18.8. The lowest BCUT2D eigenvalue weighted by atomic mass is 11.2. The summed E-state index contributed by atoms with van der Waals surface area (Å²) in [7, 11) is 0. The molecular formula is C3HCl2IN2. The van der Waals surface area contributed by atoms with Crippen molar-refractivity contribution in [3.8, 4) is 0 Å². The Kier molecular flexibility index (Phi) is 2.40. The second-order valence-electron chi connectivity index (χ2n) is 0.957. The van der Waals surface area contributed by atoms with Crippen LogP contribution in [0.2, 0.25) is 0 Å². The largest absolute Gasteiger partial charge is 0.224 e. The molecule has 0 unspecified atom stereocenters. The Morgan fingerprint density at radius 3 is 2.62 bits per heavy atom. The fraction of sp³-hybridized carbons (Fsp3) is 0. The molecule has 0 aliphatic carbocycles. The first kappa shape index (κ1) is 6.64. The minimum atomic E-state index is -0.257. The standard InChI is InChI=1S/C3HCl2IN2/c4-2-6-1-7-3(5)8-2/h1H. The minimum absolute atomic E-state index is 0.237. The van der Waals surface area contributed by atoms with Crippen molar-refractivity contribution in [2.45, 2.75) is 0 Å². The van der Waals surface area contributed by atoms with Crippen LogP contribution in [0.15, 0.2) is 9.98 Å². The Hall–Kier alpha value is 0.520. The second kappa shape index (κ2) is 2.89. The number of halogens is 3. The zero-order valence-corrected chi connectivity index (χ0v) is 7.28. The molecule has 1 aliphatic rings. The summed E-state index contributed by atoms with van der Waals surface area (Å²) < 4.78 is 2.33. The lowest BCUT2D eigenvalue weighted by molar-refractivity contribution is 1.71. The van der Waals surface area contributed by atoms with E-state index < -0.39 is 0 Å². The lowest BCUT2D eigenvalue weighted by Crippen LogP contribution is -1.88. The smallest absolute Gasteiger partial charge is 0.220 e. The van der Waals surface area contributed by atoms with Crippen molar-refractivity contribution in [3.63, 3.8) is 0 Å². The van der Waals surface area contributed by atoms with Gasteiger partial charge < -0.3 is 0 Å². The summed E-state index contributed by atoms with van der Waals surface area (Å²) in [6, 6.07) is 0. The van der Waals surface area contributed by atoms with Crippen molar-refractivity contribution in [1.29, 1.82) is 0 Å².